The van der Waals surface area contributed by atoms with Gasteiger partial charge in [-0.3, -0.25) is 14.7 Å². The predicted octanol–water partition coefficient (Wildman–Crippen LogP) is 4.21. The van der Waals surface area contributed by atoms with E-state index in [-0.39, 0.29) is 17.7 Å². The molecule has 2 aromatic heterocycles. The van der Waals surface area contributed by atoms with Gasteiger partial charge in [0.05, 0.1) is 5.41 Å². The van der Waals surface area contributed by atoms with Crippen LogP contribution in [0.15, 0.2) is 47.8 Å². The normalized spacial score (nSPS) is 19.0. The number of nitrogens with zero attached hydrogens (tertiary/aromatic N) is 2. The summed E-state index contributed by atoms with van der Waals surface area (Å²) in [6.07, 6.45) is 1.91. The van der Waals surface area contributed by atoms with E-state index in [1.807, 2.05) is 37.4 Å². The van der Waals surface area contributed by atoms with E-state index in [1.54, 1.807) is 22.3 Å². The van der Waals surface area contributed by atoms with Crippen molar-refractivity contribution in [2.75, 3.05) is 13.1 Å². The number of piperidine rings is 1. The number of hydrogen-bond donors (Lipinski definition) is 2. The Hall–Kier alpha value is -2.93. The summed E-state index contributed by atoms with van der Waals surface area (Å²) in [7, 11) is 0. The molecule has 3 N–H and O–H groups in total. The first kappa shape index (κ1) is 21.3. The highest BCUT2D eigenvalue weighted by molar-refractivity contribution is 7.13. The molecule has 0 radical (unpaired) electrons. The van der Waals surface area contributed by atoms with Crippen molar-refractivity contribution in [2.24, 2.45) is 11.1 Å². The van der Waals surface area contributed by atoms with Crippen LogP contribution in [-0.4, -0.2) is 40.0 Å². The Bertz CT molecular complexity index is 1070. The van der Waals surface area contributed by atoms with E-state index in [1.165, 1.54) is 0 Å². The number of carbonyl (C=O) groups excluding carboxylic acids is 2. The van der Waals surface area contributed by atoms with E-state index >= 15 is 0 Å². The fourth-order valence-electron chi connectivity index (χ4n) is 4.35. The maximum atomic E-state index is 13.1. The van der Waals surface area contributed by atoms with Crippen LogP contribution in [0, 0.1) is 5.41 Å². The van der Waals surface area contributed by atoms with Crippen LogP contribution >= 0.6 is 11.3 Å². The van der Waals surface area contributed by atoms with Crippen molar-refractivity contribution in [1.82, 2.24) is 15.1 Å². The third-order valence-corrected chi connectivity index (χ3v) is 7.06. The molecule has 0 bridgehead atoms. The maximum absolute atomic E-state index is 13.1. The molecule has 4 rings (SSSR count). The highest BCUT2D eigenvalue weighted by Crippen LogP contribution is 2.38. The summed E-state index contributed by atoms with van der Waals surface area (Å²) in [6.45, 7) is 5.01. The number of amides is 2. The van der Waals surface area contributed by atoms with Crippen LogP contribution in [0.4, 0.5) is 0 Å². The van der Waals surface area contributed by atoms with E-state index < -0.39 is 5.41 Å². The highest BCUT2D eigenvalue weighted by Gasteiger charge is 2.43. The monoisotopic (exact) mass is 436 g/mol. The standard InChI is InChI=1S/C24H28N4O2S/c1-16(2)19-13-20(27-26-19)22(29)28-11-6-10-24(15-28,23(25)30)14-17-7-3-4-8-18(17)21-9-5-12-31-21/h3-5,7-9,12-13,16H,6,10-11,14-15H2,1-2H3,(H2,25,30)(H,26,27)/t24-/m0/s1. The van der Waals surface area contributed by atoms with Crippen molar-refractivity contribution in [3.8, 4) is 10.4 Å². The number of aromatic amines is 1. The molecular formula is C24H28N4O2S. The molecular weight excluding hydrogens is 408 g/mol. The maximum Gasteiger partial charge on any atom is 0.274 e. The second kappa shape index (κ2) is 8.67. The number of carbonyl (C=O) groups is 2. The first-order valence-electron chi connectivity index (χ1n) is 10.7. The third-order valence-electron chi connectivity index (χ3n) is 6.16. The van der Waals surface area contributed by atoms with Crippen molar-refractivity contribution in [1.29, 1.82) is 0 Å². The molecule has 1 aliphatic rings. The minimum atomic E-state index is -0.793. The van der Waals surface area contributed by atoms with Crippen LogP contribution in [0.1, 0.15) is 54.4 Å². The van der Waals surface area contributed by atoms with Crippen molar-refractivity contribution < 1.29 is 9.59 Å². The van der Waals surface area contributed by atoms with Gasteiger partial charge in [-0.15, -0.1) is 11.3 Å². The number of aromatic nitrogens is 2. The number of benzene rings is 1. The van der Waals surface area contributed by atoms with Crippen LogP contribution < -0.4 is 5.73 Å². The number of H-pyrrole nitrogens is 1. The first-order chi connectivity index (χ1) is 14.9. The molecule has 1 saturated heterocycles. The minimum absolute atomic E-state index is 0.153. The summed E-state index contributed by atoms with van der Waals surface area (Å²) in [5, 5.41) is 9.20. The van der Waals surface area contributed by atoms with Crippen LogP contribution in [0.5, 0.6) is 0 Å². The Morgan fingerprint density at radius 1 is 1.26 bits per heavy atom. The zero-order valence-corrected chi connectivity index (χ0v) is 18.7. The average molecular weight is 437 g/mol. The molecule has 1 aromatic carbocycles. The smallest absolute Gasteiger partial charge is 0.274 e. The lowest BCUT2D eigenvalue weighted by molar-refractivity contribution is -0.130. The molecule has 0 unspecified atom stereocenters. The van der Waals surface area contributed by atoms with Gasteiger partial charge in [0, 0.05) is 23.7 Å². The van der Waals surface area contributed by atoms with Crippen molar-refractivity contribution in [3.63, 3.8) is 0 Å². The third kappa shape index (κ3) is 4.28. The second-order valence-corrected chi connectivity index (χ2v) is 9.60. The molecule has 3 heterocycles. The van der Waals surface area contributed by atoms with Gasteiger partial charge in [-0.05, 0) is 53.8 Å². The largest absolute Gasteiger partial charge is 0.369 e. The molecule has 3 aromatic rings. The van der Waals surface area contributed by atoms with Crippen LogP contribution in [0.25, 0.3) is 10.4 Å². The molecule has 31 heavy (non-hydrogen) atoms. The lowest BCUT2D eigenvalue weighted by atomic mass is 9.73. The highest BCUT2D eigenvalue weighted by atomic mass is 32.1. The molecule has 1 aliphatic heterocycles. The van der Waals surface area contributed by atoms with Gasteiger partial charge in [0.25, 0.3) is 5.91 Å². The van der Waals surface area contributed by atoms with Gasteiger partial charge < -0.3 is 10.6 Å². The van der Waals surface area contributed by atoms with E-state index in [4.69, 9.17) is 5.73 Å². The molecule has 6 nitrogen and oxygen atoms in total. The van der Waals surface area contributed by atoms with E-state index in [0.29, 0.717) is 31.6 Å². The lowest BCUT2D eigenvalue weighted by Gasteiger charge is -2.41. The van der Waals surface area contributed by atoms with E-state index in [0.717, 1.165) is 28.1 Å². The topological polar surface area (TPSA) is 92.1 Å². The summed E-state index contributed by atoms with van der Waals surface area (Å²) in [4.78, 5) is 28.8. The van der Waals surface area contributed by atoms with Gasteiger partial charge in [-0.1, -0.05) is 44.2 Å². The van der Waals surface area contributed by atoms with Gasteiger partial charge in [0.1, 0.15) is 5.69 Å². The zero-order chi connectivity index (χ0) is 22.0. The first-order valence-corrected chi connectivity index (χ1v) is 11.5. The number of likely N-dealkylation sites (tertiary alicyclic amines) is 1. The zero-order valence-electron chi connectivity index (χ0n) is 17.9. The summed E-state index contributed by atoms with van der Waals surface area (Å²) < 4.78 is 0. The Morgan fingerprint density at radius 2 is 2.06 bits per heavy atom. The summed E-state index contributed by atoms with van der Waals surface area (Å²) >= 11 is 1.67. The molecule has 0 aliphatic carbocycles. The molecule has 1 atom stereocenters. The van der Waals surface area contributed by atoms with Gasteiger partial charge in [0.15, 0.2) is 0 Å². The number of rotatable bonds is 6. The molecule has 0 spiro atoms. The minimum Gasteiger partial charge on any atom is -0.369 e. The van der Waals surface area contributed by atoms with Gasteiger partial charge >= 0.3 is 0 Å². The quantitative estimate of drug-likeness (QED) is 0.606. The molecule has 2 amide bonds. The van der Waals surface area contributed by atoms with Crippen molar-refractivity contribution >= 4 is 23.2 Å². The molecule has 1 fully saturated rings. The van der Waals surface area contributed by atoms with E-state index in [9.17, 15) is 9.59 Å². The van der Waals surface area contributed by atoms with Gasteiger partial charge in [0.2, 0.25) is 5.91 Å². The number of thiophene rings is 1. The lowest BCUT2D eigenvalue weighted by Crippen LogP contribution is -2.53. The van der Waals surface area contributed by atoms with Crippen LogP contribution in [0.3, 0.4) is 0 Å². The Morgan fingerprint density at radius 3 is 2.74 bits per heavy atom. The van der Waals surface area contributed by atoms with Crippen molar-refractivity contribution in [3.05, 3.63) is 64.8 Å². The number of nitrogens with two attached hydrogens (primary N) is 1. The predicted molar refractivity (Wildman–Crippen MR) is 123 cm³/mol. The average Bonchev–Trinajstić information content (AvgIpc) is 3.46. The molecule has 0 saturated carbocycles. The number of nitrogens with one attached hydrogen (secondary N) is 1. The SMILES string of the molecule is CC(C)c1cc(C(=O)N2CCC[C@@](Cc3ccccc3-c3cccs3)(C(N)=O)C2)n[nH]1. The molecule has 7 heteroatoms. The number of primary amides is 1. The summed E-state index contributed by atoms with van der Waals surface area (Å²) in [6, 6.07) is 14.1. The van der Waals surface area contributed by atoms with E-state index in [2.05, 4.69) is 28.4 Å². The number of hydrogen-bond acceptors (Lipinski definition) is 4. The Balaban J connectivity index is 1.61. The van der Waals surface area contributed by atoms with Crippen LogP contribution in [0.2, 0.25) is 0 Å². The molecule has 162 valence electrons. The van der Waals surface area contributed by atoms with Crippen LogP contribution in [-0.2, 0) is 11.2 Å². The van der Waals surface area contributed by atoms with Crippen molar-refractivity contribution in [2.45, 2.75) is 39.0 Å². The summed E-state index contributed by atoms with van der Waals surface area (Å²) in [5.41, 5.74) is 8.69. The van der Waals surface area contributed by atoms with Gasteiger partial charge in [-0.2, -0.15) is 5.10 Å². The fraction of sp³-hybridized carbons (Fsp3) is 0.375. The van der Waals surface area contributed by atoms with Gasteiger partial charge in [-0.25, -0.2) is 0 Å². The Labute approximate surface area is 186 Å². The fourth-order valence-corrected chi connectivity index (χ4v) is 5.14. The second-order valence-electron chi connectivity index (χ2n) is 8.65. The Kier molecular flexibility index (Phi) is 5.96. The summed E-state index contributed by atoms with van der Waals surface area (Å²) in [5.74, 6) is -0.246.